The second-order valence-electron chi connectivity index (χ2n) is 3.10. The van der Waals surface area contributed by atoms with Crippen molar-refractivity contribution in [2.75, 3.05) is 0 Å². The average Bonchev–Trinajstić information content (AvgIpc) is 2.47. The molecule has 0 aliphatic heterocycles. The molecule has 0 aliphatic rings. The first-order chi connectivity index (χ1) is 6.19. The number of rotatable bonds is 4. The van der Waals surface area contributed by atoms with Crippen molar-refractivity contribution in [3.8, 4) is 0 Å². The van der Waals surface area contributed by atoms with E-state index in [0.29, 0.717) is 6.42 Å². The van der Waals surface area contributed by atoms with Crippen LogP contribution in [-0.4, -0.2) is 14.9 Å². The molecule has 0 saturated heterocycles. The maximum absolute atomic E-state index is 9.72. The van der Waals surface area contributed by atoms with E-state index < -0.39 is 6.10 Å². The summed E-state index contributed by atoms with van der Waals surface area (Å²) in [4.78, 5) is 0. The van der Waals surface area contributed by atoms with Crippen LogP contribution in [0, 0.1) is 0 Å². The van der Waals surface area contributed by atoms with Gasteiger partial charge in [-0.2, -0.15) is 5.10 Å². The van der Waals surface area contributed by atoms with E-state index in [-0.39, 0.29) is 0 Å². The van der Waals surface area contributed by atoms with E-state index in [1.165, 1.54) is 0 Å². The first-order valence-corrected chi connectivity index (χ1v) is 4.50. The normalized spacial score (nSPS) is 12.8. The standard InChI is InChI=1S/C10H16N2O/c1-4-6-10(13)8-7-12(3)11-9(8)5-2/h4,7,10,13H,1,5-6H2,2-3H3. The molecule has 0 amide bonds. The van der Waals surface area contributed by atoms with Crippen molar-refractivity contribution in [1.29, 1.82) is 0 Å². The van der Waals surface area contributed by atoms with Gasteiger partial charge in [-0.25, -0.2) is 0 Å². The molecule has 1 aromatic heterocycles. The van der Waals surface area contributed by atoms with Crippen LogP contribution in [0.1, 0.15) is 30.7 Å². The average molecular weight is 180 g/mol. The van der Waals surface area contributed by atoms with E-state index in [9.17, 15) is 5.11 Å². The van der Waals surface area contributed by atoms with E-state index in [1.54, 1.807) is 10.8 Å². The zero-order valence-corrected chi connectivity index (χ0v) is 8.20. The molecule has 0 bridgehead atoms. The van der Waals surface area contributed by atoms with Crippen molar-refractivity contribution in [2.45, 2.75) is 25.9 Å². The summed E-state index contributed by atoms with van der Waals surface area (Å²) in [6.07, 6.45) is 4.56. The second-order valence-corrected chi connectivity index (χ2v) is 3.10. The number of nitrogens with zero attached hydrogens (tertiary/aromatic N) is 2. The van der Waals surface area contributed by atoms with E-state index in [0.717, 1.165) is 17.7 Å². The van der Waals surface area contributed by atoms with E-state index in [4.69, 9.17) is 0 Å². The molecule has 1 heterocycles. The Balaban J connectivity index is 2.90. The summed E-state index contributed by atoms with van der Waals surface area (Å²) in [6, 6.07) is 0. The highest BCUT2D eigenvalue weighted by Crippen LogP contribution is 2.20. The fraction of sp³-hybridized carbons (Fsp3) is 0.500. The predicted molar refractivity (Wildman–Crippen MR) is 52.4 cm³/mol. The van der Waals surface area contributed by atoms with Gasteiger partial charge < -0.3 is 5.11 Å². The van der Waals surface area contributed by atoms with Gasteiger partial charge in [-0.3, -0.25) is 4.68 Å². The van der Waals surface area contributed by atoms with Crippen LogP contribution in [0.2, 0.25) is 0 Å². The molecule has 0 radical (unpaired) electrons. The van der Waals surface area contributed by atoms with Gasteiger partial charge in [0.05, 0.1) is 11.8 Å². The molecule has 0 aromatic carbocycles. The van der Waals surface area contributed by atoms with Crippen LogP contribution >= 0.6 is 0 Å². The van der Waals surface area contributed by atoms with Crippen molar-refractivity contribution >= 4 is 0 Å². The third kappa shape index (κ3) is 2.18. The number of hydrogen-bond donors (Lipinski definition) is 1. The molecule has 0 fully saturated rings. The number of aliphatic hydroxyl groups is 1. The Hall–Kier alpha value is -1.09. The second kappa shape index (κ2) is 4.23. The van der Waals surface area contributed by atoms with Crippen molar-refractivity contribution in [2.24, 2.45) is 7.05 Å². The zero-order chi connectivity index (χ0) is 9.84. The van der Waals surface area contributed by atoms with Gasteiger partial charge in [0, 0.05) is 18.8 Å². The van der Waals surface area contributed by atoms with Crippen LogP contribution in [0.15, 0.2) is 18.9 Å². The molecule has 1 unspecified atom stereocenters. The Morgan fingerprint density at radius 1 is 1.77 bits per heavy atom. The summed E-state index contributed by atoms with van der Waals surface area (Å²) in [5.74, 6) is 0. The van der Waals surface area contributed by atoms with Crippen LogP contribution < -0.4 is 0 Å². The highest BCUT2D eigenvalue weighted by Gasteiger charge is 2.13. The Kier molecular flexibility index (Phi) is 3.25. The predicted octanol–water partition coefficient (Wildman–Crippen LogP) is 1.59. The number of hydrogen-bond acceptors (Lipinski definition) is 2. The Labute approximate surface area is 78.7 Å². The van der Waals surface area contributed by atoms with Gasteiger partial charge in [0.25, 0.3) is 0 Å². The van der Waals surface area contributed by atoms with E-state index in [1.807, 2.05) is 20.2 Å². The van der Waals surface area contributed by atoms with Crippen LogP contribution in [0.4, 0.5) is 0 Å². The smallest absolute Gasteiger partial charge is 0.0857 e. The lowest BCUT2D eigenvalue weighted by molar-refractivity contribution is 0.180. The Morgan fingerprint density at radius 2 is 2.46 bits per heavy atom. The minimum absolute atomic E-state index is 0.457. The quantitative estimate of drug-likeness (QED) is 0.714. The van der Waals surface area contributed by atoms with Crippen LogP contribution in [-0.2, 0) is 13.5 Å². The van der Waals surface area contributed by atoms with Gasteiger partial charge in [0.1, 0.15) is 0 Å². The SMILES string of the molecule is C=CCC(O)c1cn(C)nc1CC. The van der Waals surface area contributed by atoms with E-state index >= 15 is 0 Å². The Bertz CT molecular complexity index is 291. The van der Waals surface area contributed by atoms with Crippen molar-refractivity contribution < 1.29 is 5.11 Å². The summed E-state index contributed by atoms with van der Waals surface area (Å²) < 4.78 is 1.74. The monoisotopic (exact) mass is 180 g/mol. The fourth-order valence-electron chi connectivity index (χ4n) is 1.39. The topological polar surface area (TPSA) is 38.0 Å². The van der Waals surface area contributed by atoms with Gasteiger partial charge in [-0.1, -0.05) is 13.0 Å². The fourth-order valence-corrected chi connectivity index (χ4v) is 1.39. The molecule has 1 N–H and O–H groups in total. The molecule has 0 spiro atoms. The number of aryl methyl sites for hydroxylation is 2. The molecule has 3 nitrogen and oxygen atoms in total. The van der Waals surface area contributed by atoms with Gasteiger partial charge in [-0.05, 0) is 12.8 Å². The summed E-state index contributed by atoms with van der Waals surface area (Å²) in [6.45, 7) is 5.64. The highest BCUT2D eigenvalue weighted by atomic mass is 16.3. The van der Waals surface area contributed by atoms with Crippen molar-refractivity contribution in [3.63, 3.8) is 0 Å². The minimum Gasteiger partial charge on any atom is -0.388 e. The lowest BCUT2D eigenvalue weighted by Crippen LogP contribution is -1.97. The third-order valence-corrected chi connectivity index (χ3v) is 2.02. The summed E-state index contributed by atoms with van der Waals surface area (Å²) >= 11 is 0. The number of aromatic nitrogens is 2. The van der Waals surface area contributed by atoms with Gasteiger partial charge in [-0.15, -0.1) is 6.58 Å². The molecular weight excluding hydrogens is 164 g/mol. The molecule has 0 aliphatic carbocycles. The molecule has 13 heavy (non-hydrogen) atoms. The van der Waals surface area contributed by atoms with Crippen LogP contribution in [0.3, 0.4) is 0 Å². The van der Waals surface area contributed by atoms with Gasteiger partial charge >= 0.3 is 0 Å². The highest BCUT2D eigenvalue weighted by molar-refractivity contribution is 5.20. The number of aliphatic hydroxyl groups excluding tert-OH is 1. The molecule has 1 rings (SSSR count). The molecule has 72 valence electrons. The summed E-state index contributed by atoms with van der Waals surface area (Å²) in [7, 11) is 1.86. The van der Waals surface area contributed by atoms with Crippen molar-refractivity contribution in [1.82, 2.24) is 9.78 Å². The summed E-state index contributed by atoms with van der Waals surface area (Å²) in [5.41, 5.74) is 1.89. The van der Waals surface area contributed by atoms with Gasteiger partial charge in [0.15, 0.2) is 0 Å². The van der Waals surface area contributed by atoms with Gasteiger partial charge in [0.2, 0.25) is 0 Å². The molecule has 1 atom stereocenters. The minimum atomic E-state index is -0.457. The molecule has 1 aromatic rings. The molecule has 0 saturated carbocycles. The largest absolute Gasteiger partial charge is 0.388 e. The first kappa shape index (κ1) is 9.99. The zero-order valence-electron chi connectivity index (χ0n) is 8.20. The van der Waals surface area contributed by atoms with Crippen LogP contribution in [0.25, 0.3) is 0 Å². The van der Waals surface area contributed by atoms with E-state index in [2.05, 4.69) is 11.7 Å². The first-order valence-electron chi connectivity index (χ1n) is 4.50. The van der Waals surface area contributed by atoms with Crippen molar-refractivity contribution in [3.05, 3.63) is 30.1 Å². The van der Waals surface area contributed by atoms with Crippen LogP contribution in [0.5, 0.6) is 0 Å². The summed E-state index contributed by atoms with van der Waals surface area (Å²) in [5, 5.41) is 14.0. The molecule has 3 heteroatoms. The lowest BCUT2D eigenvalue weighted by Gasteiger charge is -2.06. The lowest BCUT2D eigenvalue weighted by atomic mass is 10.1. The third-order valence-electron chi connectivity index (χ3n) is 2.02. The molecular formula is C10H16N2O. The Morgan fingerprint density at radius 3 is 3.00 bits per heavy atom. The maximum atomic E-state index is 9.72. The maximum Gasteiger partial charge on any atom is 0.0857 e.